The largest absolute Gasteiger partial charge is 0.508 e. The van der Waals surface area contributed by atoms with E-state index in [0.717, 1.165) is 12.1 Å². The number of phenolic OH excluding ortho intramolecular Hbond substituents is 1. The van der Waals surface area contributed by atoms with Crippen LogP contribution in [0.1, 0.15) is 33.3 Å². The predicted octanol–water partition coefficient (Wildman–Crippen LogP) is 2.52. The lowest BCUT2D eigenvalue weighted by molar-refractivity contribution is 0.0134. The summed E-state index contributed by atoms with van der Waals surface area (Å²) in [5, 5.41) is 22.8. The van der Waals surface area contributed by atoms with Crippen molar-refractivity contribution in [1.82, 2.24) is 5.32 Å². The van der Waals surface area contributed by atoms with E-state index in [1.54, 1.807) is 12.1 Å². The first-order valence-corrected chi connectivity index (χ1v) is 6.49. The summed E-state index contributed by atoms with van der Waals surface area (Å²) in [7, 11) is 0. The molecule has 0 aliphatic carbocycles. The molecule has 0 heterocycles. The van der Waals surface area contributed by atoms with E-state index in [0.29, 0.717) is 6.54 Å². The monoisotopic (exact) mass is 251 g/mol. The smallest absolute Gasteiger partial charge is 0.115 e. The lowest BCUT2D eigenvalue weighted by Crippen LogP contribution is -2.41. The first-order valence-electron chi connectivity index (χ1n) is 6.49. The first kappa shape index (κ1) is 15.0. The van der Waals surface area contributed by atoms with Crippen LogP contribution < -0.4 is 5.32 Å². The normalized spacial score (nSPS) is 13.9. The Morgan fingerprint density at radius 3 is 2.50 bits per heavy atom. The number of phenols is 1. The van der Waals surface area contributed by atoms with Gasteiger partial charge in [0.05, 0.1) is 6.10 Å². The minimum atomic E-state index is -0.325. The number of aromatic hydroxyl groups is 1. The molecular weight excluding hydrogens is 226 g/mol. The summed E-state index contributed by atoms with van der Waals surface area (Å²) < 4.78 is 0. The van der Waals surface area contributed by atoms with Crippen LogP contribution in [0.2, 0.25) is 0 Å². The van der Waals surface area contributed by atoms with Crippen LogP contribution in [0, 0.1) is 11.3 Å². The highest BCUT2D eigenvalue weighted by Crippen LogP contribution is 2.25. The van der Waals surface area contributed by atoms with E-state index in [9.17, 15) is 10.2 Å². The topological polar surface area (TPSA) is 52.5 Å². The van der Waals surface area contributed by atoms with Gasteiger partial charge in [0, 0.05) is 18.5 Å². The van der Waals surface area contributed by atoms with E-state index in [-0.39, 0.29) is 23.2 Å². The highest BCUT2D eigenvalue weighted by molar-refractivity contribution is 5.26. The maximum absolute atomic E-state index is 10.1. The van der Waals surface area contributed by atoms with Crippen LogP contribution in [-0.4, -0.2) is 22.9 Å². The molecule has 0 spiro atoms. The molecule has 0 saturated heterocycles. The van der Waals surface area contributed by atoms with Gasteiger partial charge in [-0.2, -0.15) is 0 Å². The molecule has 1 unspecified atom stereocenters. The average molecular weight is 251 g/mol. The van der Waals surface area contributed by atoms with Gasteiger partial charge in [0.15, 0.2) is 0 Å². The number of hydrogen-bond acceptors (Lipinski definition) is 3. The van der Waals surface area contributed by atoms with Crippen molar-refractivity contribution in [1.29, 1.82) is 0 Å². The number of benzene rings is 1. The summed E-state index contributed by atoms with van der Waals surface area (Å²) >= 11 is 0. The Labute approximate surface area is 110 Å². The number of aliphatic hydroxyl groups is 1. The van der Waals surface area contributed by atoms with Gasteiger partial charge >= 0.3 is 0 Å². The van der Waals surface area contributed by atoms with Crippen molar-refractivity contribution in [2.75, 3.05) is 6.54 Å². The fourth-order valence-electron chi connectivity index (χ4n) is 2.20. The van der Waals surface area contributed by atoms with Gasteiger partial charge < -0.3 is 15.5 Å². The van der Waals surface area contributed by atoms with E-state index in [1.165, 1.54) is 0 Å². The van der Waals surface area contributed by atoms with Crippen molar-refractivity contribution in [3.8, 4) is 5.75 Å². The maximum Gasteiger partial charge on any atom is 0.115 e. The van der Waals surface area contributed by atoms with E-state index in [2.05, 4.69) is 19.2 Å². The highest BCUT2D eigenvalue weighted by Gasteiger charge is 2.29. The van der Waals surface area contributed by atoms with E-state index in [1.807, 2.05) is 26.0 Å². The molecule has 0 amide bonds. The minimum absolute atomic E-state index is 0.162. The fourth-order valence-corrected chi connectivity index (χ4v) is 2.20. The Kier molecular flexibility index (Phi) is 5.17. The van der Waals surface area contributed by atoms with Crippen molar-refractivity contribution in [2.45, 2.75) is 40.3 Å². The molecule has 3 heteroatoms. The third-order valence-electron chi connectivity index (χ3n) is 3.25. The molecule has 0 aromatic heterocycles. The average Bonchev–Trinajstić information content (AvgIpc) is 2.27. The molecule has 102 valence electrons. The van der Waals surface area contributed by atoms with Crippen LogP contribution in [0.3, 0.4) is 0 Å². The number of nitrogens with one attached hydrogen (secondary N) is 1. The van der Waals surface area contributed by atoms with Crippen molar-refractivity contribution < 1.29 is 10.2 Å². The predicted molar refractivity (Wildman–Crippen MR) is 74.4 cm³/mol. The molecule has 0 radical (unpaired) electrons. The van der Waals surface area contributed by atoms with E-state index in [4.69, 9.17) is 0 Å². The Bertz CT molecular complexity index is 375. The van der Waals surface area contributed by atoms with Gasteiger partial charge in [-0.3, -0.25) is 0 Å². The Morgan fingerprint density at radius 1 is 1.28 bits per heavy atom. The third kappa shape index (κ3) is 4.31. The summed E-state index contributed by atoms with van der Waals surface area (Å²) in [6.45, 7) is 9.62. The van der Waals surface area contributed by atoms with Crippen molar-refractivity contribution in [2.24, 2.45) is 11.3 Å². The molecule has 18 heavy (non-hydrogen) atoms. The number of aliphatic hydroxyl groups excluding tert-OH is 1. The second-order valence-corrected chi connectivity index (χ2v) is 5.95. The van der Waals surface area contributed by atoms with Crippen molar-refractivity contribution in [3.05, 3.63) is 29.8 Å². The molecule has 1 aromatic rings. The lowest BCUT2D eigenvalue weighted by Gasteiger charge is -2.33. The third-order valence-corrected chi connectivity index (χ3v) is 3.25. The van der Waals surface area contributed by atoms with Crippen LogP contribution in [0.4, 0.5) is 0 Å². The molecular formula is C15H25NO2. The van der Waals surface area contributed by atoms with Crippen LogP contribution in [0.25, 0.3) is 0 Å². The van der Waals surface area contributed by atoms with Gasteiger partial charge in [0.1, 0.15) is 5.75 Å². The van der Waals surface area contributed by atoms with Gasteiger partial charge in [-0.15, -0.1) is 0 Å². The van der Waals surface area contributed by atoms with E-state index >= 15 is 0 Å². The SMILES string of the molecule is CC(C)C(O)C(C)(C)CNCc1cccc(O)c1. The van der Waals surface area contributed by atoms with Gasteiger partial charge in [0.25, 0.3) is 0 Å². The van der Waals surface area contributed by atoms with Crippen LogP contribution in [0.5, 0.6) is 5.75 Å². The van der Waals surface area contributed by atoms with Crippen LogP contribution in [-0.2, 0) is 6.54 Å². The standard InChI is InChI=1S/C15H25NO2/c1-11(2)14(18)15(3,4)10-16-9-12-6-5-7-13(17)8-12/h5-8,11,14,16-18H,9-10H2,1-4H3. The van der Waals surface area contributed by atoms with Crippen LogP contribution >= 0.6 is 0 Å². The summed E-state index contributed by atoms with van der Waals surface area (Å²) in [5.41, 5.74) is 0.884. The zero-order valence-electron chi connectivity index (χ0n) is 11.8. The first-order chi connectivity index (χ1) is 8.33. The van der Waals surface area contributed by atoms with Crippen molar-refractivity contribution >= 4 is 0 Å². The van der Waals surface area contributed by atoms with Gasteiger partial charge in [-0.1, -0.05) is 39.8 Å². The summed E-state index contributed by atoms with van der Waals surface area (Å²) in [4.78, 5) is 0. The molecule has 0 fully saturated rings. The summed E-state index contributed by atoms with van der Waals surface area (Å²) in [6, 6.07) is 7.22. The molecule has 0 bridgehead atoms. The zero-order valence-corrected chi connectivity index (χ0v) is 11.8. The maximum atomic E-state index is 10.1. The molecule has 0 aliphatic heterocycles. The molecule has 0 aliphatic rings. The summed E-state index contributed by atoms with van der Waals surface area (Å²) in [5.74, 6) is 0.540. The van der Waals surface area contributed by atoms with Gasteiger partial charge in [-0.25, -0.2) is 0 Å². The molecule has 1 aromatic carbocycles. The number of rotatable bonds is 6. The molecule has 3 nitrogen and oxygen atoms in total. The van der Waals surface area contributed by atoms with Crippen LogP contribution in [0.15, 0.2) is 24.3 Å². The summed E-state index contributed by atoms with van der Waals surface area (Å²) in [6.07, 6.45) is -0.325. The van der Waals surface area contributed by atoms with Gasteiger partial charge in [-0.05, 0) is 23.6 Å². The Balaban J connectivity index is 2.46. The second-order valence-electron chi connectivity index (χ2n) is 5.95. The molecule has 1 rings (SSSR count). The molecule has 3 N–H and O–H groups in total. The Hall–Kier alpha value is -1.06. The second kappa shape index (κ2) is 6.21. The quantitative estimate of drug-likeness (QED) is 0.728. The van der Waals surface area contributed by atoms with Gasteiger partial charge in [0.2, 0.25) is 0 Å². The lowest BCUT2D eigenvalue weighted by atomic mass is 9.80. The molecule has 0 saturated carbocycles. The zero-order chi connectivity index (χ0) is 13.8. The minimum Gasteiger partial charge on any atom is -0.508 e. The Morgan fingerprint density at radius 2 is 1.94 bits per heavy atom. The highest BCUT2D eigenvalue weighted by atomic mass is 16.3. The molecule has 1 atom stereocenters. The van der Waals surface area contributed by atoms with Crippen molar-refractivity contribution in [3.63, 3.8) is 0 Å². The number of hydrogen-bond donors (Lipinski definition) is 3. The fraction of sp³-hybridized carbons (Fsp3) is 0.600. The van der Waals surface area contributed by atoms with E-state index < -0.39 is 0 Å².